The maximum absolute atomic E-state index is 6.35. The average molecular weight is 813 g/mol. The van der Waals surface area contributed by atoms with E-state index in [1.165, 1.54) is 58.9 Å². The van der Waals surface area contributed by atoms with Crippen LogP contribution in [-0.4, -0.2) is 11.5 Å². The number of rotatable bonds is 2. The van der Waals surface area contributed by atoms with Crippen molar-refractivity contribution < 1.29 is 34.1 Å². The van der Waals surface area contributed by atoms with Gasteiger partial charge in [0.2, 0.25) is 0 Å². The zero-order valence-corrected chi connectivity index (χ0v) is 33.3. The Hall–Kier alpha value is 0.879. The van der Waals surface area contributed by atoms with Gasteiger partial charge in [0.05, 0.1) is 8.88 Å². The van der Waals surface area contributed by atoms with Gasteiger partial charge in [-0.15, -0.1) is 45.5 Å². The van der Waals surface area contributed by atoms with Crippen molar-refractivity contribution in [3.05, 3.63) is 157 Å². The second kappa shape index (κ2) is 23.3. The maximum atomic E-state index is 6.35. The first-order valence-electron chi connectivity index (χ1n) is 14.2. The van der Waals surface area contributed by atoms with Gasteiger partial charge in [0, 0.05) is 82.0 Å². The minimum Gasteiger partial charge on any atom is -0.110 e. The molecule has 4 aliphatic carbocycles. The Bertz CT molecular complexity index is 1250. The van der Waals surface area contributed by atoms with E-state index in [0.717, 1.165) is 11.5 Å². The zero-order chi connectivity index (χ0) is 29.4. The summed E-state index contributed by atoms with van der Waals surface area (Å²) in [6.07, 6.45) is 42.7. The van der Waals surface area contributed by atoms with Gasteiger partial charge >= 0.3 is 0 Å². The Balaban J connectivity index is 0.000000476. The Morgan fingerprint density at radius 3 is 1.20 bits per heavy atom. The predicted octanol–water partition coefficient (Wildman–Crippen LogP) is 12.8. The summed E-state index contributed by atoms with van der Waals surface area (Å²) < 4.78 is -3.39. The zero-order valence-electron chi connectivity index (χ0n) is 24.4. The summed E-state index contributed by atoms with van der Waals surface area (Å²) in [6, 6.07) is 8.92. The Kier molecular flexibility index (Phi) is 21.7. The standard InChI is InChI=1S/C24H28P2S6.2C5H5.2Fe/c27-25(23-13-5-6-14-23)29-17-9-1-2-10-18-30-26(28,24-15-7-8-16-24)32-20-22-12-4-3-11-21(22)19-31-25;2*1-2-4-5-3-1;;/h3-8,11-16H,1-2,9-10,17-20H2;2*1-5H;;/t25-,26-;;;;/m0..../s1. The van der Waals surface area contributed by atoms with Crippen LogP contribution in [0.5, 0.6) is 0 Å². The molecule has 1 aliphatic heterocycles. The van der Waals surface area contributed by atoms with E-state index in [-0.39, 0.29) is 34.1 Å². The van der Waals surface area contributed by atoms with Crippen molar-refractivity contribution in [1.29, 1.82) is 0 Å². The number of fused-ring (bicyclic) bond motifs is 1. The van der Waals surface area contributed by atoms with Crippen molar-refractivity contribution in [3.63, 3.8) is 0 Å². The van der Waals surface area contributed by atoms with Crippen molar-refractivity contribution >= 4 is 78.0 Å². The van der Waals surface area contributed by atoms with E-state index < -0.39 is 8.88 Å². The summed E-state index contributed by atoms with van der Waals surface area (Å²) in [5, 5.41) is 2.75. The van der Waals surface area contributed by atoms with Gasteiger partial charge in [-0.2, -0.15) is 0 Å². The van der Waals surface area contributed by atoms with Gasteiger partial charge in [-0.1, -0.05) is 146 Å². The van der Waals surface area contributed by atoms with Crippen molar-refractivity contribution in [2.24, 2.45) is 0 Å². The smallest absolute Gasteiger partial charge is 0.0850 e. The monoisotopic (exact) mass is 812 g/mol. The van der Waals surface area contributed by atoms with Crippen LogP contribution in [0.25, 0.3) is 0 Å². The minimum absolute atomic E-state index is 0. The Morgan fingerprint density at radius 1 is 0.477 bits per heavy atom. The topological polar surface area (TPSA) is 0 Å². The molecular formula is C34H38Fe2P2S6. The molecule has 0 fully saturated rings. The SMILES string of the molecule is S=[P@@]1(C2=C[CH]C=C2)SCCCCCCS[P@@](=S)(C2=C[CH]C=C2)SCc2ccccc2CS1.[CH]1C=CC=C1.[CH]1C=CC=C1.[Fe].[Fe]. The molecule has 5 aliphatic rings. The van der Waals surface area contributed by atoms with Gasteiger partial charge in [-0.25, -0.2) is 0 Å². The van der Waals surface area contributed by atoms with Gasteiger partial charge < -0.3 is 0 Å². The summed E-state index contributed by atoms with van der Waals surface area (Å²) in [5.41, 5.74) is 2.85. The van der Waals surface area contributed by atoms with Gasteiger partial charge in [0.1, 0.15) is 0 Å². The normalized spacial score (nSPS) is 25.8. The van der Waals surface area contributed by atoms with Crippen LogP contribution in [0.3, 0.4) is 0 Å². The molecule has 236 valence electrons. The van der Waals surface area contributed by atoms with Gasteiger partial charge in [0.25, 0.3) is 0 Å². The molecule has 0 N–H and O–H groups in total. The first kappa shape index (κ1) is 41.1. The molecule has 0 saturated heterocycles. The summed E-state index contributed by atoms with van der Waals surface area (Å²) >= 11 is 20.8. The van der Waals surface area contributed by atoms with E-state index in [4.69, 9.17) is 23.6 Å². The predicted molar refractivity (Wildman–Crippen MR) is 209 cm³/mol. The molecule has 1 aromatic rings. The molecule has 10 heteroatoms. The van der Waals surface area contributed by atoms with E-state index >= 15 is 0 Å². The van der Waals surface area contributed by atoms with Crippen LogP contribution in [0.1, 0.15) is 36.8 Å². The van der Waals surface area contributed by atoms with E-state index in [1.54, 1.807) is 0 Å². The fraction of sp³-hybridized carbons (Fsp3) is 0.235. The molecule has 6 rings (SSSR count). The van der Waals surface area contributed by atoms with Gasteiger partial charge in [-0.3, -0.25) is 0 Å². The molecule has 0 aromatic heterocycles. The quantitative estimate of drug-likeness (QED) is 0.214. The minimum atomic E-state index is -1.69. The largest absolute Gasteiger partial charge is 0.110 e. The molecule has 0 amide bonds. The number of allylic oxidation sites excluding steroid dienone is 16. The molecule has 0 nitrogen and oxygen atoms in total. The van der Waals surface area contributed by atoms with E-state index in [0.29, 0.717) is 0 Å². The Morgan fingerprint density at radius 2 is 0.886 bits per heavy atom. The van der Waals surface area contributed by atoms with Crippen molar-refractivity contribution in [3.8, 4) is 0 Å². The number of hydrogen-bond donors (Lipinski definition) is 0. The summed E-state index contributed by atoms with van der Waals surface area (Å²) in [5.74, 6) is 4.31. The van der Waals surface area contributed by atoms with Crippen molar-refractivity contribution in [2.75, 3.05) is 11.5 Å². The summed E-state index contributed by atoms with van der Waals surface area (Å²) in [4.78, 5) is 0. The van der Waals surface area contributed by atoms with Crippen LogP contribution < -0.4 is 0 Å². The van der Waals surface area contributed by atoms with Crippen LogP contribution in [0.4, 0.5) is 0 Å². The molecule has 0 bridgehead atoms. The third-order valence-corrected chi connectivity index (χ3v) is 28.9. The molecule has 4 radical (unpaired) electrons. The van der Waals surface area contributed by atoms with Gasteiger partial charge in [-0.05, 0) is 35.5 Å². The molecule has 44 heavy (non-hydrogen) atoms. The molecule has 1 aromatic carbocycles. The van der Waals surface area contributed by atoms with Crippen LogP contribution in [0.15, 0.2) is 120 Å². The number of hydrogen-bond acceptors (Lipinski definition) is 6. The van der Waals surface area contributed by atoms with Gasteiger partial charge in [0.15, 0.2) is 0 Å². The van der Waals surface area contributed by atoms with Crippen molar-refractivity contribution in [1.82, 2.24) is 0 Å². The van der Waals surface area contributed by atoms with Crippen LogP contribution >= 0.6 is 54.4 Å². The Labute approximate surface area is 314 Å². The second-order valence-corrected chi connectivity index (χ2v) is 32.2. The molecule has 1 heterocycles. The van der Waals surface area contributed by atoms with Crippen LogP contribution in [0.2, 0.25) is 0 Å². The van der Waals surface area contributed by atoms with E-state index in [2.05, 4.69) is 96.3 Å². The average Bonchev–Trinajstić information content (AvgIpc) is 3.85. The van der Waals surface area contributed by atoms with E-state index in [1.807, 2.05) is 84.2 Å². The maximum Gasteiger partial charge on any atom is 0.0850 e. The molecule has 0 unspecified atom stereocenters. The molecular weight excluding hydrogens is 774 g/mol. The summed E-state index contributed by atoms with van der Waals surface area (Å²) in [6.45, 7) is 0. The third kappa shape index (κ3) is 14.2. The first-order chi connectivity index (χ1) is 20.6. The molecule has 0 spiro atoms. The van der Waals surface area contributed by atoms with Crippen LogP contribution in [0, 0.1) is 25.7 Å². The molecule has 2 atom stereocenters. The fourth-order valence-electron chi connectivity index (χ4n) is 4.18. The fourth-order valence-corrected chi connectivity index (χ4v) is 22.8. The van der Waals surface area contributed by atoms with Crippen LogP contribution in [-0.2, 0) is 69.3 Å². The van der Waals surface area contributed by atoms with E-state index in [9.17, 15) is 0 Å². The third-order valence-electron chi connectivity index (χ3n) is 6.49. The number of benzene rings is 1. The second-order valence-electron chi connectivity index (χ2n) is 9.60. The van der Waals surface area contributed by atoms with Crippen molar-refractivity contribution in [2.45, 2.75) is 37.2 Å². The first-order valence-corrected chi connectivity index (χ1v) is 26.2. The summed E-state index contributed by atoms with van der Waals surface area (Å²) in [7, 11) is 0. The molecule has 0 saturated carbocycles.